The van der Waals surface area contributed by atoms with Gasteiger partial charge in [0.15, 0.2) is 0 Å². The molecule has 0 spiro atoms. The van der Waals surface area contributed by atoms with E-state index < -0.39 is 0 Å². The third-order valence-corrected chi connectivity index (χ3v) is 2.18. The largest absolute Gasteiger partial charge is 0.377 e. The highest BCUT2D eigenvalue weighted by atomic mass is 16.5. The predicted molar refractivity (Wildman–Crippen MR) is 67.3 cm³/mol. The van der Waals surface area contributed by atoms with Gasteiger partial charge in [0, 0.05) is 20.0 Å². The third kappa shape index (κ3) is 6.65. The fraction of sp³-hybridized carbons (Fsp3) is 0.385. The summed E-state index contributed by atoms with van der Waals surface area (Å²) in [7, 11) is 0. The van der Waals surface area contributed by atoms with Gasteiger partial charge in [0.2, 0.25) is 11.8 Å². The SMILES string of the molecule is CC(=O)NNC(=O)CCCOCc1ccccc1. The summed E-state index contributed by atoms with van der Waals surface area (Å²) in [5.74, 6) is -0.503. The van der Waals surface area contributed by atoms with Crippen molar-refractivity contribution in [3.05, 3.63) is 35.9 Å². The van der Waals surface area contributed by atoms with Crippen LogP contribution in [-0.4, -0.2) is 18.4 Å². The van der Waals surface area contributed by atoms with Crippen LogP contribution < -0.4 is 10.9 Å². The lowest BCUT2D eigenvalue weighted by Gasteiger charge is -2.06. The average Bonchev–Trinajstić information content (AvgIpc) is 2.37. The molecule has 18 heavy (non-hydrogen) atoms. The maximum absolute atomic E-state index is 11.2. The Labute approximate surface area is 106 Å². The summed E-state index contributed by atoms with van der Waals surface area (Å²) in [4.78, 5) is 21.7. The summed E-state index contributed by atoms with van der Waals surface area (Å²) < 4.78 is 5.43. The van der Waals surface area contributed by atoms with Crippen LogP contribution in [-0.2, 0) is 20.9 Å². The number of carbonyl (C=O) groups is 2. The molecule has 0 aliphatic rings. The molecule has 0 saturated heterocycles. The number of carbonyl (C=O) groups excluding carboxylic acids is 2. The van der Waals surface area contributed by atoms with Crippen molar-refractivity contribution in [1.29, 1.82) is 0 Å². The minimum Gasteiger partial charge on any atom is -0.377 e. The quantitative estimate of drug-likeness (QED) is 0.588. The second kappa shape index (κ2) is 8.25. The Morgan fingerprint density at radius 1 is 1.17 bits per heavy atom. The molecule has 0 unspecified atom stereocenters. The van der Waals surface area contributed by atoms with E-state index >= 15 is 0 Å². The number of benzene rings is 1. The Bertz CT molecular complexity index is 379. The molecule has 2 N–H and O–H groups in total. The van der Waals surface area contributed by atoms with Gasteiger partial charge in [-0.15, -0.1) is 0 Å². The van der Waals surface area contributed by atoms with Crippen LogP contribution in [0.15, 0.2) is 30.3 Å². The number of ether oxygens (including phenoxy) is 1. The highest BCUT2D eigenvalue weighted by Gasteiger charge is 2.01. The van der Waals surface area contributed by atoms with Gasteiger partial charge >= 0.3 is 0 Å². The monoisotopic (exact) mass is 250 g/mol. The Kier molecular flexibility index (Phi) is 6.50. The van der Waals surface area contributed by atoms with Crippen LogP contribution in [0.4, 0.5) is 0 Å². The minimum absolute atomic E-state index is 0.214. The molecule has 0 atom stereocenters. The van der Waals surface area contributed by atoms with Crippen molar-refractivity contribution in [2.75, 3.05) is 6.61 Å². The molecular formula is C13H18N2O3. The van der Waals surface area contributed by atoms with E-state index in [0.717, 1.165) is 5.56 Å². The number of nitrogens with one attached hydrogen (secondary N) is 2. The maximum Gasteiger partial charge on any atom is 0.238 e. The van der Waals surface area contributed by atoms with E-state index in [0.29, 0.717) is 26.1 Å². The Morgan fingerprint density at radius 2 is 1.89 bits per heavy atom. The van der Waals surface area contributed by atoms with Crippen molar-refractivity contribution < 1.29 is 14.3 Å². The zero-order valence-electron chi connectivity index (χ0n) is 10.4. The lowest BCUT2D eigenvalue weighted by Crippen LogP contribution is -2.40. The molecule has 1 aromatic rings. The van der Waals surface area contributed by atoms with Crippen molar-refractivity contribution in [3.63, 3.8) is 0 Å². The molecule has 5 heteroatoms. The molecule has 0 bridgehead atoms. The van der Waals surface area contributed by atoms with Crippen molar-refractivity contribution in [2.24, 2.45) is 0 Å². The van der Waals surface area contributed by atoms with Crippen LogP contribution in [0.1, 0.15) is 25.3 Å². The van der Waals surface area contributed by atoms with Crippen LogP contribution in [0, 0.1) is 0 Å². The first-order valence-electron chi connectivity index (χ1n) is 5.85. The number of rotatable bonds is 6. The summed E-state index contributed by atoms with van der Waals surface area (Å²) >= 11 is 0. The molecule has 0 fully saturated rings. The number of hydrogen-bond acceptors (Lipinski definition) is 3. The van der Waals surface area contributed by atoms with E-state index in [-0.39, 0.29) is 11.8 Å². The van der Waals surface area contributed by atoms with Crippen LogP contribution in [0.5, 0.6) is 0 Å². The lowest BCUT2D eigenvalue weighted by molar-refractivity contribution is -0.128. The van der Waals surface area contributed by atoms with Gasteiger partial charge in [-0.3, -0.25) is 20.4 Å². The minimum atomic E-state index is -0.288. The molecular weight excluding hydrogens is 232 g/mol. The van der Waals surface area contributed by atoms with Crippen molar-refractivity contribution in [1.82, 2.24) is 10.9 Å². The molecule has 2 amide bonds. The van der Waals surface area contributed by atoms with Gasteiger partial charge < -0.3 is 4.74 Å². The number of hydrazine groups is 1. The third-order valence-electron chi connectivity index (χ3n) is 2.18. The summed E-state index contributed by atoms with van der Waals surface area (Å²) in [5.41, 5.74) is 5.64. The van der Waals surface area contributed by atoms with Gasteiger partial charge in [-0.05, 0) is 12.0 Å². The Balaban J connectivity index is 2.02. The zero-order valence-corrected chi connectivity index (χ0v) is 10.4. The Morgan fingerprint density at radius 3 is 2.56 bits per heavy atom. The average molecular weight is 250 g/mol. The highest BCUT2D eigenvalue weighted by molar-refractivity contribution is 5.80. The molecule has 0 radical (unpaired) electrons. The molecule has 0 aromatic heterocycles. The van der Waals surface area contributed by atoms with Crippen molar-refractivity contribution in [3.8, 4) is 0 Å². The fourth-order valence-corrected chi connectivity index (χ4v) is 1.32. The smallest absolute Gasteiger partial charge is 0.238 e. The fourth-order valence-electron chi connectivity index (χ4n) is 1.32. The maximum atomic E-state index is 11.2. The summed E-state index contributed by atoms with van der Waals surface area (Å²) in [6.07, 6.45) is 0.952. The molecule has 98 valence electrons. The first-order chi connectivity index (χ1) is 8.68. The number of hydrogen-bond donors (Lipinski definition) is 2. The summed E-state index contributed by atoms with van der Waals surface area (Å²) in [6, 6.07) is 9.85. The van der Waals surface area contributed by atoms with Crippen LogP contribution >= 0.6 is 0 Å². The van der Waals surface area contributed by atoms with Gasteiger partial charge in [0.25, 0.3) is 0 Å². The standard InChI is InChI=1S/C13H18N2O3/c1-11(16)14-15-13(17)8-5-9-18-10-12-6-3-2-4-7-12/h2-4,6-7H,5,8-10H2,1H3,(H,14,16)(H,15,17). The predicted octanol–water partition coefficient (Wildman–Crippen LogP) is 1.15. The Hall–Kier alpha value is -1.88. The first kappa shape index (κ1) is 14.2. The van der Waals surface area contributed by atoms with Crippen LogP contribution in [0.3, 0.4) is 0 Å². The molecule has 0 heterocycles. The second-order valence-corrected chi connectivity index (χ2v) is 3.87. The molecule has 5 nitrogen and oxygen atoms in total. The van der Waals surface area contributed by atoms with E-state index in [9.17, 15) is 9.59 Å². The molecule has 0 saturated carbocycles. The van der Waals surface area contributed by atoms with E-state index in [1.807, 2.05) is 30.3 Å². The van der Waals surface area contributed by atoms with Gasteiger partial charge in [-0.25, -0.2) is 0 Å². The second-order valence-electron chi connectivity index (χ2n) is 3.87. The van der Waals surface area contributed by atoms with E-state index in [4.69, 9.17) is 4.74 Å². The molecule has 1 rings (SSSR count). The van der Waals surface area contributed by atoms with Gasteiger partial charge in [-0.2, -0.15) is 0 Å². The molecule has 0 aliphatic carbocycles. The normalized spacial score (nSPS) is 9.83. The first-order valence-corrected chi connectivity index (χ1v) is 5.85. The van der Waals surface area contributed by atoms with Crippen molar-refractivity contribution >= 4 is 11.8 Å². The number of amides is 2. The van der Waals surface area contributed by atoms with E-state index in [1.54, 1.807) is 0 Å². The van der Waals surface area contributed by atoms with Gasteiger partial charge in [0.1, 0.15) is 0 Å². The van der Waals surface area contributed by atoms with Crippen LogP contribution in [0.25, 0.3) is 0 Å². The summed E-state index contributed by atoms with van der Waals surface area (Å²) in [6.45, 7) is 2.40. The molecule has 0 aliphatic heterocycles. The lowest BCUT2D eigenvalue weighted by atomic mass is 10.2. The summed E-state index contributed by atoms with van der Waals surface area (Å²) in [5, 5.41) is 0. The highest BCUT2D eigenvalue weighted by Crippen LogP contribution is 2.01. The van der Waals surface area contributed by atoms with E-state index in [1.165, 1.54) is 6.92 Å². The van der Waals surface area contributed by atoms with Gasteiger partial charge in [0.05, 0.1) is 6.61 Å². The van der Waals surface area contributed by atoms with Gasteiger partial charge in [-0.1, -0.05) is 30.3 Å². The van der Waals surface area contributed by atoms with Crippen LogP contribution in [0.2, 0.25) is 0 Å². The van der Waals surface area contributed by atoms with E-state index in [2.05, 4.69) is 10.9 Å². The molecule has 1 aromatic carbocycles. The topological polar surface area (TPSA) is 67.4 Å². The van der Waals surface area contributed by atoms with Crippen molar-refractivity contribution in [2.45, 2.75) is 26.4 Å². The zero-order chi connectivity index (χ0) is 13.2.